The zero-order chi connectivity index (χ0) is 29.9. The van der Waals surface area contributed by atoms with Crippen LogP contribution in [0.1, 0.15) is 29.0 Å². The van der Waals surface area contributed by atoms with Crippen LogP contribution in [0.3, 0.4) is 0 Å². The van der Waals surface area contributed by atoms with Gasteiger partial charge in [0.25, 0.3) is 0 Å². The van der Waals surface area contributed by atoms with E-state index in [4.69, 9.17) is 0 Å². The van der Waals surface area contributed by atoms with Gasteiger partial charge in [0.15, 0.2) is 0 Å². The summed E-state index contributed by atoms with van der Waals surface area (Å²) in [4.78, 5) is 16.7. The van der Waals surface area contributed by atoms with Gasteiger partial charge in [-0.05, 0) is 89.7 Å². The van der Waals surface area contributed by atoms with Crippen LogP contribution in [0.2, 0.25) is 0 Å². The Morgan fingerprint density at radius 3 is 2.02 bits per heavy atom. The van der Waals surface area contributed by atoms with E-state index in [0.717, 1.165) is 22.0 Å². The molecular formula is C30H25F4N3O4S. The van der Waals surface area contributed by atoms with Gasteiger partial charge in [-0.3, -0.25) is 9.78 Å². The molecule has 0 saturated heterocycles. The summed E-state index contributed by atoms with van der Waals surface area (Å²) in [6.45, 7) is -0.303. The smallest absolute Gasteiger partial charge is 0.406 e. The van der Waals surface area contributed by atoms with Crippen LogP contribution >= 0.6 is 0 Å². The Kier molecular flexibility index (Phi) is 8.28. The largest absolute Gasteiger partial charge is 0.573 e. The lowest BCUT2D eigenvalue weighted by Crippen LogP contribution is -2.30. The number of nitrogens with one attached hydrogen (secondary N) is 1. The van der Waals surface area contributed by atoms with E-state index in [1.54, 1.807) is 12.4 Å². The third-order valence-corrected chi connectivity index (χ3v) is 8.62. The zero-order valence-corrected chi connectivity index (χ0v) is 22.8. The summed E-state index contributed by atoms with van der Waals surface area (Å²) in [6.07, 6.45) is -0.786. The molecule has 0 radical (unpaired) electrons. The monoisotopic (exact) mass is 599 g/mol. The standard InChI is InChI=1S/C30H25F4N3O4S/c31-23-5-1-20(2-6-23)18-37(19-21-3-9-25(10-4-21)41-30(32,33)34)42(39,40)26-11-7-24(8-12-26)36-29(38)28-17-27(28)22-13-15-35-16-14-22/h1-16,27-28H,17-19H2,(H,36,38). The van der Waals surface area contributed by atoms with Gasteiger partial charge in [-0.15, -0.1) is 13.2 Å². The van der Waals surface area contributed by atoms with E-state index in [1.165, 1.54) is 60.7 Å². The molecule has 1 aliphatic rings. The van der Waals surface area contributed by atoms with E-state index in [1.807, 2.05) is 12.1 Å². The van der Waals surface area contributed by atoms with Gasteiger partial charge < -0.3 is 10.1 Å². The third-order valence-electron chi connectivity index (χ3n) is 6.81. The van der Waals surface area contributed by atoms with E-state index in [-0.39, 0.29) is 35.7 Å². The van der Waals surface area contributed by atoms with Crippen LogP contribution in [-0.2, 0) is 27.9 Å². The Balaban J connectivity index is 1.31. The van der Waals surface area contributed by atoms with Crippen molar-refractivity contribution < 1.29 is 35.5 Å². The quantitative estimate of drug-likeness (QED) is 0.218. The predicted molar refractivity (Wildman–Crippen MR) is 146 cm³/mol. The van der Waals surface area contributed by atoms with Crippen molar-refractivity contribution in [2.45, 2.75) is 36.7 Å². The second-order valence-electron chi connectivity index (χ2n) is 9.83. The fraction of sp³-hybridized carbons (Fsp3) is 0.200. The van der Waals surface area contributed by atoms with Gasteiger partial charge in [-0.25, -0.2) is 12.8 Å². The highest BCUT2D eigenvalue weighted by atomic mass is 32.2. The average molecular weight is 600 g/mol. The number of hydrogen-bond donors (Lipinski definition) is 1. The number of pyridine rings is 1. The van der Waals surface area contributed by atoms with Gasteiger partial charge >= 0.3 is 6.36 Å². The molecule has 218 valence electrons. The maximum absolute atomic E-state index is 13.7. The number of nitrogens with zero attached hydrogens (tertiary/aromatic N) is 2. The molecule has 12 heteroatoms. The summed E-state index contributed by atoms with van der Waals surface area (Å²) in [7, 11) is -4.13. The number of hydrogen-bond acceptors (Lipinski definition) is 5. The second kappa shape index (κ2) is 11.9. The highest BCUT2D eigenvalue weighted by Crippen LogP contribution is 2.47. The molecular weight excluding hydrogens is 574 g/mol. The fourth-order valence-electron chi connectivity index (χ4n) is 4.58. The maximum atomic E-state index is 13.7. The van der Waals surface area contributed by atoms with Crippen LogP contribution in [-0.4, -0.2) is 30.0 Å². The average Bonchev–Trinajstić information content (AvgIpc) is 3.76. The van der Waals surface area contributed by atoms with Gasteiger partial charge in [-0.1, -0.05) is 24.3 Å². The Labute approximate surface area is 239 Å². The van der Waals surface area contributed by atoms with E-state index in [0.29, 0.717) is 23.2 Å². The first kappa shape index (κ1) is 29.2. The molecule has 2 atom stereocenters. The number of carbonyl (C=O) groups is 1. The van der Waals surface area contributed by atoms with Crippen LogP contribution in [0.25, 0.3) is 0 Å². The molecule has 1 fully saturated rings. The molecule has 1 heterocycles. The van der Waals surface area contributed by atoms with Crippen LogP contribution in [0.4, 0.5) is 23.2 Å². The minimum atomic E-state index is -4.86. The molecule has 7 nitrogen and oxygen atoms in total. The lowest BCUT2D eigenvalue weighted by Gasteiger charge is -2.23. The van der Waals surface area contributed by atoms with Crippen molar-refractivity contribution in [3.05, 3.63) is 120 Å². The minimum Gasteiger partial charge on any atom is -0.406 e. The third kappa shape index (κ3) is 7.31. The molecule has 1 aromatic heterocycles. The number of halogens is 4. The van der Waals surface area contributed by atoms with Crippen molar-refractivity contribution in [3.63, 3.8) is 0 Å². The summed E-state index contributed by atoms with van der Waals surface area (Å²) in [6, 6.07) is 19.7. The molecule has 2 unspecified atom stereocenters. The van der Waals surface area contributed by atoms with Crippen molar-refractivity contribution in [3.8, 4) is 5.75 Å². The van der Waals surface area contributed by atoms with E-state index in [2.05, 4.69) is 15.0 Å². The lowest BCUT2D eigenvalue weighted by atomic mass is 10.1. The summed E-state index contributed by atoms with van der Waals surface area (Å²) in [5.41, 5.74) is 2.39. The van der Waals surface area contributed by atoms with Gasteiger partial charge in [0.1, 0.15) is 11.6 Å². The Hall–Kier alpha value is -4.29. The Morgan fingerprint density at radius 1 is 0.881 bits per heavy atom. The SMILES string of the molecule is O=C(Nc1ccc(S(=O)(=O)N(Cc2ccc(F)cc2)Cc2ccc(OC(F)(F)F)cc2)cc1)C1CC1c1ccncc1. The Morgan fingerprint density at radius 2 is 1.45 bits per heavy atom. The molecule has 5 rings (SSSR count). The molecule has 4 aromatic rings. The molecule has 0 aliphatic heterocycles. The molecule has 0 spiro atoms. The molecule has 1 N–H and O–H groups in total. The number of amides is 1. The van der Waals surface area contributed by atoms with Crippen molar-refractivity contribution >= 4 is 21.6 Å². The molecule has 1 amide bonds. The number of sulfonamides is 1. The number of ether oxygens (including phenoxy) is 1. The highest BCUT2D eigenvalue weighted by Gasteiger charge is 2.44. The van der Waals surface area contributed by atoms with E-state index in [9.17, 15) is 30.8 Å². The van der Waals surface area contributed by atoms with Crippen molar-refractivity contribution in [2.75, 3.05) is 5.32 Å². The minimum absolute atomic E-state index is 0.0549. The number of alkyl halides is 3. The molecule has 0 bridgehead atoms. The summed E-state index contributed by atoms with van der Waals surface area (Å²) in [5, 5.41) is 2.83. The number of carbonyl (C=O) groups excluding carboxylic acids is 1. The maximum Gasteiger partial charge on any atom is 0.573 e. The number of benzene rings is 3. The normalized spacial score (nSPS) is 16.7. The van der Waals surface area contributed by atoms with Gasteiger partial charge in [0.2, 0.25) is 15.9 Å². The lowest BCUT2D eigenvalue weighted by molar-refractivity contribution is -0.274. The van der Waals surface area contributed by atoms with Crippen LogP contribution in [0, 0.1) is 11.7 Å². The molecule has 42 heavy (non-hydrogen) atoms. The first-order chi connectivity index (χ1) is 20.0. The molecule has 1 saturated carbocycles. The predicted octanol–water partition coefficient (Wildman–Crippen LogP) is 6.25. The van der Waals surface area contributed by atoms with Crippen LogP contribution in [0.5, 0.6) is 5.75 Å². The van der Waals surface area contributed by atoms with Crippen LogP contribution in [0.15, 0.2) is 102 Å². The van der Waals surface area contributed by atoms with Crippen molar-refractivity contribution in [1.82, 2.24) is 9.29 Å². The fourth-order valence-corrected chi connectivity index (χ4v) is 5.99. The van der Waals surface area contributed by atoms with Gasteiger partial charge in [0.05, 0.1) is 4.90 Å². The number of aromatic nitrogens is 1. The summed E-state index contributed by atoms with van der Waals surface area (Å²) < 4.78 is 83.5. The van der Waals surface area contributed by atoms with E-state index >= 15 is 0 Å². The van der Waals surface area contributed by atoms with Crippen molar-refractivity contribution in [1.29, 1.82) is 0 Å². The summed E-state index contributed by atoms with van der Waals surface area (Å²) >= 11 is 0. The topological polar surface area (TPSA) is 88.6 Å². The van der Waals surface area contributed by atoms with Gasteiger partial charge in [-0.2, -0.15) is 4.31 Å². The van der Waals surface area contributed by atoms with Gasteiger partial charge in [0, 0.05) is 37.1 Å². The van der Waals surface area contributed by atoms with Crippen LogP contribution < -0.4 is 10.1 Å². The Bertz CT molecular complexity index is 1630. The van der Waals surface area contributed by atoms with Crippen molar-refractivity contribution in [2.24, 2.45) is 5.92 Å². The summed E-state index contributed by atoms with van der Waals surface area (Å²) in [5.74, 6) is -1.15. The second-order valence-corrected chi connectivity index (χ2v) is 11.8. The first-order valence-electron chi connectivity index (χ1n) is 12.9. The van der Waals surface area contributed by atoms with E-state index < -0.39 is 28.0 Å². The number of rotatable bonds is 10. The first-order valence-corrected chi connectivity index (χ1v) is 14.3. The number of anilines is 1. The molecule has 3 aromatic carbocycles. The highest BCUT2D eigenvalue weighted by molar-refractivity contribution is 7.89. The zero-order valence-electron chi connectivity index (χ0n) is 22.0. The molecule has 1 aliphatic carbocycles.